The highest BCUT2D eigenvalue weighted by atomic mass is 16.5. The van der Waals surface area contributed by atoms with Crippen molar-refractivity contribution in [2.24, 2.45) is 0 Å². The predicted octanol–water partition coefficient (Wildman–Crippen LogP) is 2.45. The lowest BCUT2D eigenvalue weighted by Crippen LogP contribution is -2.18. The van der Waals surface area contributed by atoms with Gasteiger partial charge in [0.2, 0.25) is 0 Å². The summed E-state index contributed by atoms with van der Waals surface area (Å²) in [6, 6.07) is 1.82. The molecule has 0 aliphatic rings. The van der Waals surface area contributed by atoms with Gasteiger partial charge < -0.3 is 10.5 Å². The van der Waals surface area contributed by atoms with Gasteiger partial charge >= 0.3 is 0 Å². The van der Waals surface area contributed by atoms with Crippen LogP contribution in [0, 0.1) is 0 Å². The lowest BCUT2D eigenvalue weighted by Gasteiger charge is -2.20. The van der Waals surface area contributed by atoms with Crippen molar-refractivity contribution in [1.82, 2.24) is 9.97 Å². The maximum atomic E-state index is 5.78. The van der Waals surface area contributed by atoms with Gasteiger partial charge in [0.25, 0.3) is 0 Å². The van der Waals surface area contributed by atoms with E-state index in [2.05, 4.69) is 30.7 Å². The zero-order valence-corrected chi connectivity index (χ0v) is 10.7. The van der Waals surface area contributed by atoms with Crippen molar-refractivity contribution in [2.75, 3.05) is 12.3 Å². The molecule has 1 heterocycles. The average molecular weight is 223 g/mol. The highest BCUT2D eigenvalue weighted by Crippen LogP contribution is 2.23. The fourth-order valence-corrected chi connectivity index (χ4v) is 1.38. The monoisotopic (exact) mass is 223 g/mol. The quantitative estimate of drug-likeness (QED) is 0.855. The molecule has 0 saturated carbocycles. The van der Waals surface area contributed by atoms with Crippen LogP contribution in [-0.4, -0.2) is 16.6 Å². The Morgan fingerprint density at radius 1 is 1.38 bits per heavy atom. The van der Waals surface area contributed by atoms with Crippen molar-refractivity contribution in [1.29, 1.82) is 0 Å². The van der Waals surface area contributed by atoms with Gasteiger partial charge in [-0.3, -0.25) is 0 Å². The number of rotatable bonds is 3. The Kier molecular flexibility index (Phi) is 3.86. The Bertz CT molecular complexity index is 358. The van der Waals surface area contributed by atoms with E-state index in [0.717, 1.165) is 5.69 Å². The number of hydrogen-bond acceptors (Lipinski definition) is 4. The van der Waals surface area contributed by atoms with Crippen molar-refractivity contribution in [3.05, 3.63) is 17.6 Å². The molecule has 1 atom stereocenters. The fraction of sp³-hybridized carbons (Fsp3) is 0.667. The molecule has 4 heteroatoms. The first kappa shape index (κ1) is 12.9. The maximum absolute atomic E-state index is 5.78. The molecule has 1 aromatic heterocycles. The molecular weight excluding hydrogens is 202 g/mol. The van der Waals surface area contributed by atoms with Crippen molar-refractivity contribution in [3.63, 3.8) is 0 Å². The molecule has 16 heavy (non-hydrogen) atoms. The first-order chi connectivity index (χ1) is 7.34. The Morgan fingerprint density at radius 3 is 2.50 bits per heavy atom. The third kappa shape index (κ3) is 3.17. The van der Waals surface area contributed by atoms with Crippen LogP contribution in [0.4, 0.5) is 5.82 Å². The molecule has 0 spiro atoms. The van der Waals surface area contributed by atoms with E-state index in [9.17, 15) is 0 Å². The molecule has 1 aromatic rings. The van der Waals surface area contributed by atoms with E-state index in [0.29, 0.717) is 18.2 Å². The number of aromatic nitrogens is 2. The maximum Gasteiger partial charge on any atom is 0.159 e. The molecule has 0 aliphatic heterocycles. The van der Waals surface area contributed by atoms with Gasteiger partial charge in [0, 0.05) is 18.1 Å². The van der Waals surface area contributed by atoms with Crippen LogP contribution in [-0.2, 0) is 10.2 Å². The summed E-state index contributed by atoms with van der Waals surface area (Å²) in [7, 11) is 0. The van der Waals surface area contributed by atoms with Crippen LogP contribution < -0.4 is 5.73 Å². The van der Waals surface area contributed by atoms with Gasteiger partial charge in [0.1, 0.15) is 11.9 Å². The Balaban J connectivity index is 3.08. The van der Waals surface area contributed by atoms with Crippen molar-refractivity contribution >= 4 is 5.82 Å². The molecule has 0 saturated heterocycles. The van der Waals surface area contributed by atoms with Gasteiger partial charge in [0.15, 0.2) is 5.82 Å². The Morgan fingerprint density at radius 2 is 2.00 bits per heavy atom. The summed E-state index contributed by atoms with van der Waals surface area (Å²) < 4.78 is 5.47. The lowest BCUT2D eigenvalue weighted by molar-refractivity contribution is 0.0698. The van der Waals surface area contributed by atoms with Crippen LogP contribution in [0.2, 0.25) is 0 Å². The number of nitrogens with two attached hydrogens (primary N) is 1. The number of hydrogen-bond donors (Lipinski definition) is 1. The van der Waals surface area contributed by atoms with Crippen LogP contribution in [0.1, 0.15) is 52.2 Å². The standard InChI is InChI=1S/C12H21N3O/c1-6-16-8(2)11-14-9(12(3,4)5)7-10(13)15-11/h7-8H,6H2,1-5H3,(H2,13,14,15). The lowest BCUT2D eigenvalue weighted by atomic mass is 9.92. The zero-order chi connectivity index (χ0) is 12.3. The van der Waals surface area contributed by atoms with Crippen molar-refractivity contribution < 1.29 is 4.74 Å². The van der Waals surface area contributed by atoms with Crippen LogP contribution >= 0.6 is 0 Å². The minimum absolute atomic E-state index is 0.0300. The first-order valence-corrected chi connectivity index (χ1v) is 5.61. The normalized spacial score (nSPS) is 13.8. The van der Waals surface area contributed by atoms with E-state index < -0.39 is 0 Å². The van der Waals surface area contributed by atoms with E-state index in [4.69, 9.17) is 10.5 Å². The van der Waals surface area contributed by atoms with Gasteiger partial charge in [-0.15, -0.1) is 0 Å². The third-order valence-electron chi connectivity index (χ3n) is 2.31. The summed E-state index contributed by atoms with van der Waals surface area (Å²) in [5, 5.41) is 0. The van der Waals surface area contributed by atoms with Crippen molar-refractivity contribution in [2.45, 2.75) is 46.1 Å². The average Bonchev–Trinajstić information content (AvgIpc) is 2.16. The smallest absolute Gasteiger partial charge is 0.159 e. The topological polar surface area (TPSA) is 61.0 Å². The summed E-state index contributed by atoms with van der Waals surface area (Å²) in [5.74, 6) is 1.16. The van der Waals surface area contributed by atoms with Gasteiger partial charge in [0.05, 0.1) is 5.69 Å². The molecule has 0 amide bonds. The molecule has 0 aromatic carbocycles. The van der Waals surface area contributed by atoms with Crippen LogP contribution in [0.25, 0.3) is 0 Å². The molecule has 0 aliphatic carbocycles. The molecule has 1 rings (SSSR count). The highest BCUT2D eigenvalue weighted by molar-refractivity contribution is 5.32. The second-order valence-electron chi connectivity index (χ2n) is 4.88. The van der Waals surface area contributed by atoms with E-state index in [1.807, 2.05) is 19.9 Å². The molecule has 1 unspecified atom stereocenters. The minimum atomic E-state index is -0.116. The SMILES string of the molecule is CCOC(C)c1nc(N)cc(C(C)(C)C)n1. The first-order valence-electron chi connectivity index (χ1n) is 5.61. The van der Waals surface area contributed by atoms with Crippen molar-refractivity contribution in [3.8, 4) is 0 Å². The number of nitrogen functional groups attached to an aromatic ring is 1. The summed E-state index contributed by atoms with van der Waals surface area (Å²) in [6.07, 6.45) is -0.116. The van der Waals surface area contributed by atoms with Crippen LogP contribution in [0.15, 0.2) is 6.07 Å². The van der Waals surface area contributed by atoms with Crippen LogP contribution in [0.3, 0.4) is 0 Å². The summed E-state index contributed by atoms with van der Waals surface area (Å²) in [6.45, 7) is 10.8. The molecular formula is C12H21N3O. The number of nitrogens with zero attached hydrogens (tertiary/aromatic N) is 2. The molecule has 0 bridgehead atoms. The van der Waals surface area contributed by atoms with Crippen LogP contribution in [0.5, 0.6) is 0 Å². The summed E-state index contributed by atoms with van der Waals surface area (Å²) >= 11 is 0. The Hall–Kier alpha value is -1.16. The van der Waals surface area contributed by atoms with Gasteiger partial charge in [-0.05, 0) is 13.8 Å². The van der Waals surface area contributed by atoms with Gasteiger partial charge in [-0.25, -0.2) is 9.97 Å². The molecule has 0 fully saturated rings. The number of ether oxygens (including phenoxy) is 1. The summed E-state index contributed by atoms with van der Waals surface area (Å²) in [4.78, 5) is 8.71. The Labute approximate surface area is 97.2 Å². The molecule has 90 valence electrons. The predicted molar refractivity (Wildman–Crippen MR) is 65.2 cm³/mol. The molecule has 0 radical (unpaired) electrons. The van der Waals surface area contributed by atoms with E-state index in [1.165, 1.54) is 0 Å². The van der Waals surface area contributed by atoms with E-state index in [-0.39, 0.29) is 11.5 Å². The van der Waals surface area contributed by atoms with E-state index in [1.54, 1.807) is 0 Å². The second-order valence-corrected chi connectivity index (χ2v) is 4.88. The summed E-state index contributed by atoms with van der Waals surface area (Å²) in [5.41, 5.74) is 6.70. The molecule has 2 N–H and O–H groups in total. The third-order valence-corrected chi connectivity index (χ3v) is 2.31. The largest absolute Gasteiger partial charge is 0.384 e. The zero-order valence-electron chi connectivity index (χ0n) is 10.7. The second kappa shape index (κ2) is 4.78. The fourth-order valence-electron chi connectivity index (χ4n) is 1.38. The minimum Gasteiger partial charge on any atom is -0.384 e. The van der Waals surface area contributed by atoms with Gasteiger partial charge in [-0.1, -0.05) is 20.8 Å². The number of anilines is 1. The highest BCUT2D eigenvalue weighted by Gasteiger charge is 2.19. The molecule has 4 nitrogen and oxygen atoms in total. The van der Waals surface area contributed by atoms with Gasteiger partial charge in [-0.2, -0.15) is 0 Å². The van der Waals surface area contributed by atoms with E-state index >= 15 is 0 Å².